The summed E-state index contributed by atoms with van der Waals surface area (Å²) in [7, 11) is 0. The van der Waals surface area contributed by atoms with Gasteiger partial charge in [0, 0.05) is 9.81 Å². The fourth-order valence-corrected chi connectivity index (χ4v) is 3.93. The first-order chi connectivity index (χ1) is 12.7. The van der Waals surface area contributed by atoms with Crippen LogP contribution in [-0.2, 0) is 9.47 Å². The number of hydrogen-bond donors (Lipinski definition) is 2. The molecule has 0 aliphatic carbocycles. The van der Waals surface area contributed by atoms with E-state index in [1.807, 2.05) is 0 Å². The van der Waals surface area contributed by atoms with Crippen molar-refractivity contribution in [2.45, 2.75) is 40.9 Å². The van der Waals surface area contributed by atoms with Gasteiger partial charge in [-0.1, -0.05) is 40.1 Å². The maximum atomic E-state index is 12.6. The van der Waals surface area contributed by atoms with Gasteiger partial charge in [0.2, 0.25) is 0 Å². The van der Waals surface area contributed by atoms with Crippen molar-refractivity contribution < 1.29 is 32.9 Å². The Kier molecular flexibility index (Phi) is 7.90. The summed E-state index contributed by atoms with van der Waals surface area (Å²) >= 11 is 12.7. The van der Waals surface area contributed by atoms with Gasteiger partial charge in [0.05, 0.1) is 28.8 Å². The molecule has 2 unspecified atom stereocenters. The minimum Gasteiger partial charge on any atom is -0.394 e. The molecule has 1 saturated heterocycles. The van der Waals surface area contributed by atoms with Crippen LogP contribution in [0.2, 0.25) is 10.0 Å². The molecule has 7 nitrogen and oxygen atoms in total. The molecule has 1 fully saturated rings. The standard InChI is InChI=1S/C14H14Cl2F3N3O4S/c15-7-2-1-6(3-8(7)16)27-13-12(25-5-14(17,18)19)10(21-22-20)11(24)9(4-23)26-13/h1-3,9-13,23-24H,4-5H2/t9?,10-,11-,12?,13+/m0/s1. The molecular formula is C14H14Cl2F3N3O4S. The Labute approximate surface area is 166 Å². The lowest BCUT2D eigenvalue weighted by Gasteiger charge is -2.42. The van der Waals surface area contributed by atoms with E-state index in [0.29, 0.717) is 4.90 Å². The highest BCUT2D eigenvalue weighted by molar-refractivity contribution is 7.99. The maximum absolute atomic E-state index is 12.6. The minimum absolute atomic E-state index is 0.218. The third-order valence-electron chi connectivity index (χ3n) is 3.59. The Morgan fingerprint density at radius 1 is 1.33 bits per heavy atom. The zero-order valence-corrected chi connectivity index (χ0v) is 15.7. The molecule has 0 amide bonds. The van der Waals surface area contributed by atoms with Crippen molar-refractivity contribution in [3.63, 3.8) is 0 Å². The molecule has 2 N–H and O–H groups in total. The van der Waals surface area contributed by atoms with Crippen molar-refractivity contribution in [1.82, 2.24) is 0 Å². The Hall–Kier alpha value is -0.910. The molecule has 0 spiro atoms. The lowest BCUT2D eigenvalue weighted by Crippen LogP contribution is -2.58. The molecule has 5 atom stereocenters. The van der Waals surface area contributed by atoms with Crippen molar-refractivity contribution in [2.24, 2.45) is 5.11 Å². The highest BCUT2D eigenvalue weighted by atomic mass is 35.5. The highest BCUT2D eigenvalue weighted by Gasteiger charge is 2.47. The third-order valence-corrected chi connectivity index (χ3v) is 5.47. The van der Waals surface area contributed by atoms with E-state index in [0.717, 1.165) is 11.8 Å². The van der Waals surface area contributed by atoms with Crippen molar-refractivity contribution in [3.05, 3.63) is 38.7 Å². The van der Waals surface area contributed by atoms with E-state index in [2.05, 4.69) is 10.0 Å². The predicted molar refractivity (Wildman–Crippen MR) is 92.8 cm³/mol. The fraction of sp³-hybridized carbons (Fsp3) is 0.571. The average molecular weight is 448 g/mol. The molecular weight excluding hydrogens is 434 g/mol. The summed E-state index contributed by atoms with van der Waals surface area (Å²) in [5.41, 5.74) is 7.59. The predicted octanol–water partition coefficient (Wildman–Crippen LogP) is 3.79. The van der Waals surface area contributed by atoms with Gasteiger partial charge in [0.25, 0.3) is 0 Å². The number of nitrogens with zero attached hydrogens (tertiary/aromatic N) is 3. The van der Waals surface area contributed by atoms with Gasteiger partial charge in [-0.25, -0.2) is 0 Å². The molecule has 1 aliphatic rings. The summed E-state index contributed by atoms with van der Waals surface area (Å²) in [6, 6.07) is 3.12. The number of halogens is 5. The normalized spacial score (nSPS) is 28.6. The van der Waals surface area contributed by atoms with E-state index in [1.165, 1.54) is 12.1 Å². The smallest absolute Gasteiger partial charge is 0.394 e. The van der Waals surface area contributed by atoms with Crippen LogP contribution in [0.1, 0.15) is 0 Å². The van der Waals surface area contributed by atoms with E-state index in [9.17, 15) is 23.4 Å². The van der Waals surface area contributed by atoms with Crippen molar-refractivity contribution >= 4 is 35.0 Å². The van der Waals surface area contributed by atoms with Crippen LogP contribution in [0.15, 0.2) is 28.2 Å². The molecule has 0 bridgehead atoms. The molecule has 1 aliphatic heterocycles. The van der Waals surface area contributed by atoms with E-state index in [4.69, 9.17) is 38.2 Å². The van der Waals surface area contributed by atoms with Gasteiger partial charge >= 0.3 is 6.18 Å². The SMILES string of the molecule is [N-]=[N+]=N[C@@H]1C(OCC(F)(F)F)[C@@H](Sc2ccc(Cl)c(Cl)c2)OC(CO)[C@@H]1O. The van der Waals surface area contributed by atoms with Crippen LogP contribution < -0.4 is 0 Å². The Morgan fingerprint density at radius 3 is 2.59 bits per heavy atom. The van der Waals surface area contributed by atoms with Crippen molar-refractivity contribution in [3.8, 4) is 0 Å². The Bertz CT molecular complexity index is 709. The summed E-state index contributed by atoms with van der Waals surface area (Å²) < 4.78 is 48.2. The van der Waals surface area contributed by atoms with E-state index >= 15 is 0 Å². The Morgan fingerprint density at radius 2 is 2.04 bits per heavy atom. The van der Waals surface area contributed by atoms with Crippen molar-refractivity contribution in [2.75, 3.05) is 13.2 Å². The number of hydrogen-bond acceptors (Lipinski definition) is 6. The summed E-state index contributed by atoms with van der Waals surface area (Å²) in [6.07, 6.45) is -8.79. The van der Waals surface area contributed by atoms with Crippen LogP contribution in [0.4, 0.5) is 13.2 Å². The molecule has 1 heterocycles. The Balaban J connectivity index is 2.31. The number of benzene rings is 1. The number of ether oxygens (including phenoxy) is 2. The number of rotatable bonds is 6. The second-order valence-electron chi connectivity index (χ2n) is 5.50. The largest absolute Gasteiger partial charge is 0.411 e. The quantitative estimate of drug-likeness (QED) is 0.391. The lowest BCUT2D eigenvalue weighted by atomic mass is 9.98. The zero-order valence-electron chi connectivity index (χ0n) is 13.4. The van der Waals surface area contributed by atoms with E-state index in [1.54, 1.807) is 6.07 Å². The number of aliphatic hydroxyl groups is 2. The molecule has 13 heteroatoms. The summed E-state index contributed by atoms with van der Waals surface area (Å²) in [4.78, 5) is 3.05. The number of thioether (sulfide) groups is 1. The number of alkyl halides is 3. The number of azide groups is 1. The van der Waals surface area contributed by atoms with Crippen LogP contribution in [0.25, 0.3) is 10.4 Å². The first kappa shape index (κ1) is 22.4. The van der Waals surface area contributed by atoms with Crippen LogP contribution >= 0.6 is 35.0 Å². The van der Waals surface area contributed by atoms with Crippen molar-refractivity contribution in [1.29, 1.82) is 0 Å². The summed E-state index contributed by atoms with van der Waals surface area (Å²) in [5, 5.41) is 23.4. The summed E-state index contributed by atoms with van der Waals surface area (Å²) in [5.74, 6) is 0. The van der Waals surface area contributed by atoms with Gasteiger partial charge in [0.1, 0.15) is 24.3 Å². The monoisotopic (exact) mass is 447 g/mol. The van der Waals surface area contributed by atoms with Gasteiger partial charge in [-0.3, -0.25) is 0 Å². The number of aliphatic hydroxyl groups excluding tert-OH is 2. The second kappa shape index (κ2) is 9.53. The maximum Gasteiger partial charge on any atom is 0.411 e. The van der Waals surface area contributed by atoms with Crippen LogP contribution in [0, 0.1) is 0 Å². The first-order valence-corrected chi connectivity index (χ1v) is 9.08. The molecule has 0 saturated carbocycles. The van der Waals surface area contributed by atoms with Crippen LogP contribution in [0.5, 0.6) is 0 Å². The molecule has 2 rings (SSSR count). The van der Waals surface area contributed by atoms with E-state index < -0.39 is 49.2 Å². The molecule has 1 aromatic carbocycles. The van der Waals surface area contributed by atoms with Gasteiger partial charge in [-0.15, -0.1) is 0 Å². The lowest BCUT2D eigenvalue weighted by molar-refractivity contribution is -0.223. The molecule has 1 aromatic rings. The van der Waals surface area contributed by atoms with Gasteiger partial charge < -0.3 is 19.7 Å². The second-order valence-corrected chi connectivity index (χ2v) is 7.48. The molecule has 27 heavy (non-hydrogen) atoms. The van der Waals surface area contributed by atoms with Gasteiger partial charge in [-0.2, -0.15) is 13.2 Å². The van der Waals surface area contributed by atoms with Crippen LogP contribution in [0.3, 0.4) is 0 Å². The first-order valence-electron chi connectivity index (χ1n) is 7.45. The molecule has 0 aromatic heterocycles. The third kappa shape index (κ3) is 6.03. The van der Waals surface area contributed by atoms with Gasteiger partial charge in [0.15, 0.2) is 0 Å². The topological polar surface area (TPSA) is 108 Å². The van der Waals surface area contributed by atoms with Crippen LogP contribution in [-0.4, -0.2) is 59.4 Å². The zero-order chi connectivity index (χ0) is 20.2. The molecule has 150 valence electrons. The fourth-order valence-electron chi connectivity index (χ4n) is 2.40. The van der Waals surface area contributed by atoms with E-state index in [-0.39, 0.29) is 10.0 Å². The highest BCUT2D eigenvalue weighted by Crippen LogP contribution is 2.38. The minimum atomic E-state index is -4.64. The molecule has 0 radical (unpaired) electrons. The van der Waals surface area contributed by atoms with Gasteiger partial charge in [-0.05, 0) is 23.7 Å². The average Bonchev–Trinajstić information content (AvgIpc) is 2.59. The summed E-state index contributed by atoms with van der Waals surface area (Å²) in [6.45, 7) is -2.27.